The van der Waals surface area contributed by atoms with Crippen LogP contribution in [0.5, 0.6) is 0 Å². The first-order valence-corrected chi connectivity index (χ1v) is 8.08. The predicted octanol–water partition coefficient (Wildman–Crippen LogP) is 1.37. The summed E-state index contributed by atoms with van der Waals surface area (Å²) in [6, 6.07) is 1.82. The number of carbonyl (C=O) groups excluding carboxylic acids is 1. The number of nitrogens with one attached hydrogen (secondary N) is 1. The van der Waals surface area contributed by atoms with E-state index in [0.29, 0.717) is 5.92 Å². The summed E-state index contributed by atoms with van der Waals surface area (Å²) in [5.74, 6) is 0.509. The van der Waals surface area contributed by atoms with Crippen LogP contribution in [0.3, 0.4) is 0 Å². The van der Waals surface area contributed by atoms with Crippen molar-refractivity contribution in [3.63, 3.8) is 0 Å². The van der Waals surface area contributed by atoms with Crippen molar-refractivity contribution in [3.05, 3.63) is 30.0 Å². The summed E-state index contributed by atoms with van der Waals surface area (Å²) in [6.45, 7) is 3.04. The first kappa shape index (κ1) is 14.1. The molecule has 1 aliphatic heterocycles. The van der Waals surface area contributed by atoms with Crippen molar-refractivity contribution in [2.24, 2.45) is 5.92 Å². The highest BCUT2D eigenvalue weighted by Crippen LogP contribution is 2.24. The number of hydrogen-bond donors (Lipinski definition) is 1. The van der Waals surface area contributed by atoms with Gasteiger partial charge in [0.15, 0.2) is 5.13 Å². The van der Waals surface area contributed by atoms with Gasteiger partial charge in [-0.2, -0.15) is 5.10 Å². The fraction of sp³-hybridized carbons (Fsp3) is 0.500. The lowest BCUT2D eigenvalue weighted by Crippen LogP contribution is -2.41. The van der Waals surface area contributed by atoms with Crippen molar-refractivity contribution in [1.29, 1.82) is 0 Å². The third-order valence-electron chi connectivity index (χ3n) is 3.66. The second-order valence-corrected chi connectivity index (χ2v) is 6.15. The van der Waals surface area contributed by atoms with Crippen LogP contribution in [0, 0.1) is 5.92 Å². The molecule has 112 valence electrons. The van der Waals surface area contributed by atoms with E-state index in [9.17, 15) is 4.79 Å². The molecule has 0 radical (unpaired) electrons. The van der Waals surface area contributed by atoms with E-state index in [-0.39, 0.29) is 12.5 Å². The Balaban J connectivity index is 1.45. The van der Waals surface area contributed by atoms with E-state index in [2.05, 4.69) is 20.3 Å². The maximum absolute atomic E-state index is 11.9. The monoisotopic (exact) mass is 305 g/mol. The van der Waals surface area contributed by atoms with Crippen molar-refractivity contribution >= 4 is 22.4 Å². The van der Waals surface area contributed by atoms with E-state index >= 15 is 0 Å². The normalized spacial score (nSPS) is 18.7. The molecule has 3 heterocycles. The Bertz CT molecular complexity index is 554. The molecule has 0 aromatic carbocycles. The van der Waals surface area contributed by atoms with E-state index < -0.39 is 0 Å². The van der Waals surface area contributed by atoms with Gasteiger partial charge < -0.3 is 10.2 Å². The van der Waals surface area contributed by atoms with Crippen molar-refractivity contribution in [3.8, 4) is 0 Å². The lowest BCUT2D eigenvalue weighted by Gasteiger charge is -2.32. The fourth-order valence-corrected chi connectivity index (χ4v) is 3.31. The number of aromatic nitrogens is 3. The molecule has 3 rings (SSSR count). The van der Waals surface area contributed by atoms with E-state index in [1.54, 1.807) is 28.4 Å². The molecule has 21 heavy (non-hydrogen) atoms. The van der Waals surface area contributed by atoms with Crippen LogP contribution < -0.4 is 10.2 Å². The first-order chi connectivity index (χ1) is 10.3. The van der Waals surface area contributed by atoms with Gasteiger partial charge in [0.2, 0.25) is 5.91 Å². The van der Waals surface area contributed by atoms with Gasteiger partial charge in [-0.1, -0.05) is 0 Å². The van der Waals surface area contributed by atoms with Crippen molar-refractivity contribution in [2.75, 3.05) is 24.5 Å². The molecule has 6 nitrogen and oxygen atoms in total. The fourth-order valence-electron chi connectivity index (χ4n) is 2.63. The second kappa shape index (κ2) is 6.71. The third-order valence-corrected chi connectivity index (χ3v) is 4.49. The number of thiazole rings is 1. The summed E-state index contributed by atoms with van der Waals surface area (Å²) in [5, 5.41) is 10.1. The van der Waals surface area contributed by atoms with Crippen LogP contribution in [-0.4, -0.2) is 40.3 Å². The van der Waals surface area contributed by atoms with Crippen molar-refractivity contribution < 1.29 is 4.79 Å². The molecule has 1 aliphatic rings. The number of nitrogens with zero attached hydrogens (tertiary/aromatic N) is 4. The number of carbonyl (C=O) groups is 1. The number of hydrogen-bond acceptors (Lipinski definition) is 5. The van der Waals surface area contributed by atoms with Crippen LogP contribution in [0.2, 0.25) is 0 Å². The van der Waals surface area contributed by atoms with Crippen LogP contribution in [0.15, 0.2) is 30.0 Å². The van der Waals surface area contributed by atoms with Crippen molar-refractivity contribution in [2.45, 2.75) is 19.4 Å². The molecule has 0 aliphatic carbocycles. The summed E-state index contributed by atoms with van der Waals surface area (Å²) in [7, 11) is 0. The zero-order chi connectivity index (χ0) is 14.5. The molecule has 0 saturated carbocycles. The average Bonchev–Trinajstić information content (AvgIpc) is 3.19. The van der Waals surface area contributed by atoms with E-state index in [4.69, 9.17) is 0 Å². The Morgan fingerprint density at radius 3 is 3.19 bits per heavy atom. The molecule has 1 amide bonds. The Morgan fingerprint density at radius 1 is 1.48 bits per heavy atom. The number of amides is 1. The summed E-state index contributed by atoms with van der Waals surface area (Å²) in [5.41, 5.74) is 0. The molecule has 2 aromatic heterocycles. The number of rotatable bonds is 5. The molecule has 1 saturated heterocycles. The second-order valence-electron chi connectivity index (χ2n) is 5.28. The van der Waals surface area contributed by atoms with Gasteiger partial charge in [-0.15, -0.1) is 11.3 Å². The SMILES string of the molecule is O=C(Cn1cccn1)NCC1CCCN(c2nccs2)C1. The van der Waals surface area contributed by atoms with Crippen LogP contribution in [-0.2, 0) is 11.3 Å². The molecular formula is C14H19N5OS. The van der Waals surface area contributed by atoms with Crippen molar-refractivity contribution in [1.82, 2.24) is 20.1 Å². The molecule has 1 unspecified atom stereocenters. The molecule has 2 aromatic rings. The Labute approximate surface area is 127 Å². The van der Waals surface area contributed by atoms with Gasteiger partial charge in [0.25, 0.3) is 0 Å². The molecule has 1 atom stereocenters. The van der Waals surface area contributed by atoms with Gasteiger partial charge in [-0.25, -0.2) is 4.98 Å². The summed E-state index contributed by atoms with van der Waals surface area (Å²) < 4.78 is 1.64. The number of piperidine rings is 1. The smallest absolute Gasteiger partial charge is 0.241 e. The van der Waals surface area contributed by atoms with Gasteiger partial charge in [0.1, 0.15) is 6.54 Å². The molecule has 1 fully saturated rings. The molecule has 1 N–H and O–H groups in total. The maximum atomic E-state index is 11.9. The Kier molecular flexibility index (Phi) is 4.49. The van der Waals surface area contributed by atoms with E-state index in [1.165, 1.54) is 0 Å². The highest BCUT2D eigenvalue weighted by molar-refractivity contribution is 7.13. The number of anilines is 1. The predicted molar refractivity (Wildman–Crippen MR) is 82.3 cm³/mol. The molecular weight excluding hydrogens is 286 g/mol. The minimum atomic E-state index is 0.0186. The lowest BCUT2D eigenvalue weighted by molar-refractivity contribution is -0.122. The lowest BCUT2D eigenvalue weighted by atomic mass is 9.98. The maximum Gasteiger partial charge on any atom is 0.241 e. The summed E-state index contributed by atoms with van der Waals surface area (Å²) >= 11 is 1.67. The van der Waals surface area contributed by atoms with E-state index in [0.717, 1.165) is 37.6 Å². The summed E-state index contributed by atoms with van der Waals surface area (Å²) in [4.78, 5) is 18.6. The largest absolute Gasteiger partial charge is 0.354 e. The molecule has 7 heteroatoms. The van der Waals surface area contributed by atoms with Gasteiger partial charge in [0, 0.05) is 43.6 Å². The molecule has 0 spiro atoms. The summed E-state index contributed by atoms with van der Waals surface area (Å²) in [6.07, 6.45) is 7.63. The highest BCUT2D eigenvalue weighted by atomic mass is 32.1. The first-order valence-electron chi connectivity index (χ1n) is 7.20. The third kappa shape index (κ3) is 3.81. The topological polar surface area (TPSA) is 63.1 Å². The highest BCUT2D eigenvalue weighted by Gasteiger charge is 2.21. The van der Waals surface area contributed by atoms with E-state index in [1.807, 2.05) is 17.6 Å². The Morgan fingerprint density at radius 2 is 2.43 bits per heavy atom. The van der Waals surface area contributed by atoms with Gasteiger partial charge in [-0.05, 0) is 24.8 Å². The quantitative estimate of drug-likeness (QED) is 0.906. The van der Waals surface area contributed by atoms with Gasteiger partial charge in [-0.3, -0.25) is 9.48 Å². The van der Waals surface area contributed by atoms with Gasteiger partial charge >= 0.3 is 0 Å². The van der Waals surface area contributed by atoms with Crippen LogP contribution in [0.1, 0.15) is 12.8 Å². The van der Waals surface area contributed by atoms with Crippen LogP contribution in [0.25, 0.3) is 0 Å². The Hall–Kier alpha value is -1.89. The standard InChI is InChI=1S/C14H19N5OS/c20-13(11-19-7-2-4-17-19)16-9-12-3-1-6-18(10-12)14-15-5-8-21-14/h2,4-5,7-8,12H,1,3,6,9-11H2,(H,16,20). The zero-order valence-electron chi connectivity index (χ0n) is 11.8. The molecule has 0 bridgehead atoms. The van der Waals surface area contributed by atoms with Crippen LogP contribution in [0.4, 0.5) is 5.13 Å². The van der Waals surface area contributed by atoms with Crippen LogP contribution >= 0.6 is 11.3 Å². The van der Waals surface area contributed by atoms with Gasteiger partial charge in [0.05, 0.1) is 0 Å². The minimum absolute atomic E-state index is 0.0186. The zero-order valence-corrected chi connectivity index (χ0v) is 12.6. The minimum Gasteiger partial charge on any atom is -0.354 e. The average molecular weight is 305 g/mol.